The lowest BCUT2D eigenvalue weighted by atomic mass is 10.0. The zero-order valence-electron chi connectivity index (χ0n) is 45.4. The fourth-order valence-corrected chi connectivity index (χ4v) is 8.60. The van der Waals surface area contributed by atoms with Crippen molar-refractivity contribution in [3.63, 3.8) is 0 Å². The summed E-state index contributed by atoms with van der Waals surface area (Å²) in [4.78, 5) is 38.2. The van der Waals surface area contributed by atoms with E-state index in [1.54, 1.807) is 0 Å². The first-order chi connectivity index (χ1) is 33.5. The molecule has 396 valence electrons. The van der Waals surface area contributed by atoms with Gasteiger partial charge in [0.2, 0.25) is 0 Å². The van der Waals surface area contributed by atoms with E-state index in [0.717, 1.165) is 57.8 Å². The lowest BCUT2D eigenvalue weighted by Gasteiger charge is -2.18. The second-order valence-corrected chi connectivity index (χ2v) is 20.0. The highest BCUT2D eigenvalue weighted by molar-refractivity contribution is 5.71. The normalized spacial score (nSPS) is 12.3. The van der Waals surface area contributed by atoms with Gasteiger partial charge < -0.3 is 14.2 Å². The molecule has 0 heterocycles. The van der Waals surface area contributed by atoms with E-state index in [1.165, 1.54) is 212 Å². The summed E-state index contributed by atoms with van der Waals surface area (Å²) in [7, 11) is 0. The molecule has 0 aromatic heterocycles. The summed E-state index contributed by atoms with van der Waals surface area (Å²) in [6, 6.07) is 0. The number of allylic oxidation sites excluding steroid dienone is 8. The molecule has 0 rings (SSSR count). The van der Waals surface area contributed by atoms with Crippen molar-refractivity contribution in [1.29, 1.82) is 0 Å². The van der Waals surface area contributed by atoms with Crippen LogP contribution in [0.1, 0.15) is 310 Å². The molecule has 0 aliphatic heterocycles. The monoisotopic (exact) mass is 953 g/mol. The molecule has 1 unspecified atom stereocenters. The zero-order chi connectivity index (χ0) is 49.3. The van der Waals surface area contributed by atoms with Crippen molar-refractivity contribution in [2.45, 2.75) is 316 Å². The molecule has 0 aromatic carbocycles. The molecule has 1 atom stereocenters. The maximum absolute atomic E-state index is 12.9. The van der Waals surface area contributed by atoms with Crippen LogP contribution in [-0.4, -0.2) is 37.2 Å². The second-order valence-electron chi connectivity index (χ2n) is 20.0. The highest BCUT2D eigenvalue weighted by Crippen LogP contribution is 2.16. The van der Waals surface area contributed by atoms with E-state index in [9.17, 15) is 14.4 Å². The van der Waals surface area contributed by atoms with Crippen molar-refractivity contribution in [2.75, 3.05) is 13.2 Å². The van der Waals surface area contributed by atoms with E-state index in [2.05, 4.69) is 69.4 Å². The number of carbonyl (C=O) groups is 3. The molecule has 0 aliphatic carbocycles. The van der Waals surface area contributed by atoms with Crippen LogP contribution in [-0.2, 0) is 28.6 Å². The molecule has 6 heteroatoms. The number of rotatable bonds is 54. The summed E-state index contributed by atoms with van der Waals surface area (Å²) in [6.45, 7) is 6.61. The van der Waals surface area contributed by atoms with Gasteiger partial charge in [-0.1, -0.05) is 268 Å². The predicted octanol–water partition coefficient (Wildman–Crippen LogP) is 19.8. The highest BCUT2D eigenvalue weighted by atomic mass is 16.6. The summed E-state index contributed by atoms with van der Waals surface area (Å²) in [6.07, 6.45) is 69.5. The molecule has 6 nitrogen and oxygen atoms in total. The van der Waals surface area contributed by atoms with Crippen LogP contribution in [0.15, 0.2) is 48.6 Å². The first-order valence-electron chi connectivity index (χ1n) is 29.7. The van der Waals surface area contributed by atoms with Gasteiger partial charge >= 0.3 is 17.9 Å². The Balaban J connectivity index is 4.32. The summed E-state index contributed by atoms with van der Waals surface area (Å²) in [5.74, 6) is -0.864. The second kappa shape index (κ2) is 57.0. The number of esters is 3. The third-order valence-corrected chi connectivity index (χ3v) is 13.1. The molecular formula is C62H112O6. The Hall–Kier alpha value is -2.63. The molecule has 0 spiro atoms. The fraction of sp³-hybridized carbons (Fsp3) is 0.823. The Morgan fingerprint density at radius 2 is 0.515 bits per heavy atom. The van der Waals surface area contributed by atoms with Crippen LogP contribution < -0.4 is 0 Å². The summed E-state index contributed by atoms with van der Waals surface area (Å²) >= 11 is 0. The lowest BCUT2D eigenvalue weighted by Crippen LogP contribution is -2.30. The lowest BCUT2D eigenvalue weighted by molar-refractivity contribution is -0.167. The third-order valence-electron chi connectivity index (χ3n) is 13.1. The van der Waals surface area contributed by atoms with E-state index in [0.29, 0.717) is 19.3 Å². The van der Waals surface area contributed by atoms with Gasteiger partial charge in [0.05, 0.1) is 0 Å². The summed E-state index contributed by atoms with van der Waals surface area (Å²) < 4.78 is 16.9. The van der Waals surface area contributed by atoms with E-state index >= 15 is 0 Å². The predicted molar refractivity (Wildman–Crippen MR) is 293 cm³/mol. The van der Waals surface area contributed by atoms with Crippen LogP contribution in [0.2, 0.25) is 0 Å². The minimum absolute atomic E-state index is 0.0722. The van der Waals surface area contributed by atoms with Crippen molar-refractivity contribution in [3.05, 3.63) is 48.6 Å². The van der Waals surface area contributed by atoms with E-state index in [-0.39, 0.29) is 31.1 Å². The Morgan fingerprint density at radius 3 is 0.809 bits per heavy atom. The Morgan fingerprint density at radius 1 is 0.294 bits per heavy atom. The van der Waals surface area contributed by atoms with Crippen LogP contribution in [0, 0.1) is 0 Å². The number of hydrogen-bond donors (Lipinski definition) is 0. The maximum Gasteiger partial charge on any atom is 0.306 e. The fourth-order valence-electron chi connectivity index (χ4n) is 8.60. The first kappa shape index (κ1) is 65.4. The van der Waals surface area contributed by atoms with Crippen molar-refractivity contribution in [1.82, 2.24) is 0 Å². The standard InChI is InChI=1S/C62H112O6/c1-4-7-10-13-16-19-22-25-27-29-31-33-35-37-40-43-46-49-52-55-61(64)67-58-59(57-66-60(63)54-51-48-45-42-39-24-21-18-15-12-9-6-3)68-62(65)56-53-50-47-44-41-38-36-34-32-30-28-26-23-20-17-14-11-8-5-2/h16-17,19-20,22-23,25-26,59H,4-15,18,21,24,27-58H2,1-3H3/b19-16-,20-17-,25-22-,26-23-. The Bertz CT molecular complexity index is 1190. The average Bonchev–Trinajstić information content (AvgIpc) is 3.34. The quantitative estimate of drug-likeness (QED) is 0.0262. The summed E-state index contributed by atoms with van der Waals surface area (Å²) in [5, 5.41) is 0. The van der Waals surface area contributed by atoms with Crippen molar-refractivity contribution in [2.24, 2.45) is 0 Å². The largest absolute Gasteiger partial charge is 0.462 e. The van der Waals surface area contributed by atoms with Gasteiger partial charge in [0.25, 0.3) is 0 Å². The van der Waals surface area contributed by atoms with Crippen molar-refractivity contribution >= 4 is 17.9 Å². The van der Waals surface area contributed by atoms with E-state index in [1.807, 2.05) is 0 Å². The number of carbonyl (C=O) groups excluding carboxylic acids is 3. The van der Waals surface area contributed by atoms with E-state index < -0.39 is 6.10 Å². The maximum atomic E-state index is 12.9. The van der Waals surface area contributed by atoms with Gasteiger partial charge in [0.15, 0.2) is 6.10 Å². The minimum Gasteiger partial charge on any atom is -0.462 e. The van der Waals surface area contributed by atoms with Crippen LogP contribution in [0.5, 0.6) is 0 Å². The summed E-state index contributed by atoms with van der Waals surface area (Å²) in [5.41, 5.74) is 0. The molecule has 0 aliphatic rings. The Labute approximate surface area is 422 Å². The molecule has 0 fully saturated rings. The first-order valence-corrected chi connectivity index (χ1v) is 29.7. The van der Waals surface area contributed by atoms with Crippen molar-refractivity contribution < 1.29 is 28.6 Å². The minimum atomic E-state index is -0.774. The van der Waals surface area contributed by atoms with Gasteiger partial charge in [-0.2, -0.15) is 0 Å². The van der Waals surface area contributed by atoms with Gasteiger partial charge in [0, 0.05) is 19.3 Å². The van der Waals surface area contributed by atoms with Gasteiger partial charge in [-0.15, -0.1) is 0 Å². The van der Waals surface area contributed by atoms with E-state index in [4.69, 9.17) is 14.2 Å². The molecule has 0 saturated carbocycles. The van der Waals surface area contributed by atoms with Crippen LogP contribution in [0.3, 0.4) is 0 Å². The molecule has 0 bridgehead atoms. The molecule has 0 aromatic rings. The third kappa shape index (κ3) is 54.3. The molecule has 0 saturated heterocycles. The zero-order valence-corrected chi connectivity index (χ0v) is 45.4. The van der Waals surface area contributed by atoms with Crippen LogP contribution >= 0.6 is 0 Å². The molecule has 0 radical (unpaired) electrons. The molecular weight excluding hydrogens is 841 g/mol. The van der Waals surface area contributed by atoms with Crippen molar-refractivity contribution in [3.8, 4) is 0 Å². The Kier molecular flexibility index (Phi) is 54.8. The van der Waals surface area contributed by atoms with Crippen LogP contribution in [0.4, 0.5) is 0 Å². The molecule has 0 amide bonds. The average molecular weight is 954 g/mol. The van der Waals surface area contributed by atoms with Crippen LogP contribution in [0.25, 0.3) is 0 Å². The van der Waals surface area contributed by atoms with Gasteiger partial charge in [-0.25, -0.2) is 0 Å². The molecule has 0 N–H and O–H groups in total. The smallest absolute Gasteiger partial charge is 0.306 e. The highest BCUT2D eigenvalue weighted by Gasteiger charge is 2.19. The van der Waals surface area contributed by atoms with Gasteiger partial charge in [-0.05, 0) is 70.6 Å². The van der Waals surface area contributed by atoms with Gasteiger partial charge in [-0.3, -0.25) is 14.4 Å². The number of unbranched alkanes of at least 4 members (excludes halogenated alkanes) is 37. The number of ether oxygens (including phenoxy) is 3. The SMILES string of the molecule is CCCCC/C=C\C=C/CCCCCCCCCCCCC(=O)OCC(COC(=O)CCCCCCCCCCCCCC)OC(=O)CCCCCCCCCCCC/C=C\C=C/CCCCC. The molecule has 68 heavy (non-hydrogen) atoms. The topological polar surface area (TPSA) is 78.9 Å². The van der Waals surface area contributed by atoms with Gasteiger partial charge in [0.1, 0.15) is 13.2 Å². The number of hydrogen-bond acceptors (Lipinski definition) is 6.